The summed E-state index contributed by atoms with van der Waals surface area (Å²) in [5, 5.41) is 0. The minimum absolute atomic E-state index is 0.0350. The highest BCUT2D eigenvalue weighted by Crippen LogP contribution is 2.16. The Bertz CT molecular complexity index is 698. The molecule has 0 aliphatic rings. The van der Waals surface area contributed by atoms with Gasteiger partial charge in [-0.25, -0.2) is 9.59 Å². The van der Waals surface area contributed by atoms with Crippen LogP contribution in [0.2, 0.25) is 0 Å². The highest BCUT2D eigenvalue weighted by molar-refractivity contribution is 5.93. The van der Waals surface area contributed by atoms with Gasteiger partial charge in [0.1, 0.15) is 0 Å². The molecule has 100 valence electrons. The number of rotatable bonds is 4. The second-order valence-electron chi connectivity index (χ2n) is 3.91. The SMILES string of the molecule is COC(=O)c1ccc2c(c1)oc(=O)n2CCC(N)=O. The van der Waals surface area contributed by atoms with Gasteiger partial charge >= 0.3 is 11.7 Å². The summed E-state index contributed by atoms with van der Waals surface area (Å²) in [5.74, 6) is -1.62. The van der Waals surface area contributed by atoms with Crippen molar-refractivity contribution in [2.45, 2.75) is 13.0 Å². The molecule has 0 fully saturated rings. The number of nitrogens with two attached hydrogens (primary N) is 1. The van der Waals surface area contributed by atoms with E-state index in [0.29, 0.717) is 5.52 Å². The maximum absolute atomic E-state index is 11.6. The minimum Gasteiger partial charge on any atom is -0.465 e. The van der Waals surface area contributed by atoms with Crippen molar-refractivity contribution in [3.05, 3.63) is 34.3 Å². The average molecular weight is 264 g/mol. The summed E-state index contributed by atoms with van der Waals surface area (Å²) in [6.45, 7) is 0.138. The molecular weight excluding hydrogens is 252 g/mol. The normalized spacial score (nSPS) is 10.6. The van der Waals surface area contributed by atoms with Crippen LogP contribution < -0.4 is 11.5 Å². The highest BCUT2D eigenvalue weighted by atomic mass is 16.5. The predicted molar refractivity (Wildman–Crippen MR) is 65.6 cm³/mol. The number of aromatic nitrogens is 1. The van der Waals surface area contributed by atoms with E-state index >= 15 is 0 Å². The first-order valence-corrected chi connectivity index (χ1v) is 5.53. The lowest BCUT2D eigenvalue weighted by atomic mass is 10.2. The molecule has 0 radical (unpaired) electrons. The number of amides is 1. The fraction of sp³-hybridized carbons (Fsp3) is 0.250. The maximum atomic E-state index is 11.6. The van der Waals surface area contributed by atoms with E-state index in [4.69, 9.17) is 10.2 Å². The van der Waals surface area contributed by atoms with Crippen molar-refractivity contribution < 1.29 is 18.7 Å². The molecule has 2 rings (SSSR count). The zero-order valence-electron chi connectivity index (χ0n) is 10.2. The molecule has 7 nitrogen and oxygen atoms in total. The lowest BCUT2D eigenvalue weighted by molar-refractivity contribution is -0.118. The predicted octanol–water partition coefficient (Wildman–Crippen LogP) is 0.256. The molecule has 2 N–H and O–H groups in total. The first-order valence-electron chi connectivity index (χ1n) is 5.53. The number of carbonyl (C=O) groups excluding carboxylic acids is 2. The van der Waals surface area contributed by atoms with Crippen LogP contribution in [-0.2, 0) is 16.1 Å². The number of carbonyl (C=O) groups is 2. The van der Waals surface area contributed by atoms with E-state index in [0.717, 1.165) is 0 Å². The van der Waals surface area contributed by atoms with Crippen LogP contribution in [0.25, 0.3) is 11.1 Å². The molecule has 1 aromatic carbocycles. The third-order valence-corrected chi connectivity index (χ3v) is 2.67. The fourth-order valence-corrected chi connectivity index (χ4v) is 1.74. The summed E-state index contributed by atoms with van der Waals surface area (Å²) in [4.78, 5) is 33.7. The minimum atomic E-state index is -0.599. The van der Waals surface area contributed by atoms with Gasteiger partial charge < -0.3 is 14.9 Å². The van der Waals surface area contributed by atoms with Crippen LogP contribution in [0.15, 0.2) is 27.4 Å². The average Bonchev–Trinajstić information content (AvgIpc) is 2.69. The van der Waals surface area contributed by atoms with Crippen molar-refractivity contribution in [2.75, 3.05) is 7.11 Å². The number of fused-ring (bicyclic) bond motifs is 1. The van der Waals surface area contributed by atoms with Gasteiger partial charge in [0, 0.05) is 13.0 Å². The Hall–Kier alpha value is -2.57. The second-order valence-corrected chi connectivity index (χ2v) is 3.91. The van der Waals surface area contributed by atoms with Crippen LogP contribution in [0.1, 0.15) is 16.8 Å². The summed E-state index contributed by atoms with van der Waals surface area (Å²) in [6, 6.07) is 4.50. The van der Waals surface area contributed by atoms with Crippen molar-refractivity contribution in [3.63, 3.8) is 0 Å². The first-order chi connectivity index (χ1) is 9.02. The molecule has 7 heteroatoms. The van der Waals surface area contributed by atoms with E-state index in [1.165, 1.54) is 23.8 Å². The molecule has 0 atom stereocenters. The van der Waals surface area contributed by atoms with Gasteiger partial charge in [-0.2, -0.15) is 0 Å². The van der Waals surface area contributed by atoms with Crippen molar-refractivity contribution in [1.29, 1.82) is 0 Å². The Labute approximate surface area is 107 Å². The van der Waals surface area contributed by atoms with Gasteiger partial charge in [-0.3, -0.25) is 9.36 Å². The van der Waals surface area contributed by atoms with E-state index in [1.54, 1.807) is 6.07 Å². The van der Waals surface area contributed by atoms with Gasteiger partial charge in [0.05, 0.1) is 18.2 Å². The quantitative estimate of drug-likeness (QED) is 0.797. The van der Waals surface area contributed by atoms with Gasteiger partial charge in [-0.1, -0.05) is 0 Å². The van der Waals surface area contributed by atoms with Gasteiger partial charge in [0.2, 0.25) is 5.91 Å². The van der Waals surface area contributed by atoms with Crippen LogP contribution >= 0.6 is 0 Å². The number of methoxy groups -OCH3 is 1. The molecule has 1 heterocycles. The van der Waals surface area contributed by atoms with Crippen LogP contribution in [0.3, 0.4) is 0 Å². The van der Waals surface area contributed by atoms with Crippen LogP contribution in [-0.4, -0.2) is 23.6 Å². The number of benzene rings is 1. The first kappa shape index (κ1) is 12.9. The van der Waals surface area contributed by atoms with Crippen LogP contribution in [0.4, 0.5) is 0 Å². The number of nitrogens with zero attached hydrogens (tertiary/aromatic N) is 1. The van der Waals surface area contributed by atoms with E-state index in [-0.39, 0.29) is 24.1 Å². The molecule has 0 saturated carbocycles. The molecule has 0 spiro atoms. The van der Waals surface area contributed by atoms with Gasteiger partial charge in [-0.15, -0.1) is 0 Å². The van der Waals surface area contributed by atoms with Crippen LogP contribution in [0.5, 0.6) is 0 Å². The van der Waals surface area contributed by atoms with E-state index in [9.17, 15) is 14.4 Å². The van der Waals surface area contributed by atoms with Crippen molar-refractivity contribution in [2.24, 2.45) is 5.73 Å². The Morgan fingerprint density at radius 2 is 2.16 bits per heavy atom. The molecule has 0 bridgehead atoms. The molecule has 0 unspecified atom stereocenters. The van der Waals surface area contributed by atoms with Crippen molar-refractivity contribution in [1.82, 2.24) is 4.57 Å². The summed E-state index contributed by atoms with van der Waals surface area (Å²) in [6.07, 6.45) is 0.0350. The highest BCUT2D eigenvalue weighted by Gasteiger charge is 2.13. The van der Waals surface area contributed by atoms with E-state index in [2.05, 4.69) is 4.74 Å². The number of ether oxygens (including phenoxy) is 1. The Morgan fingerprint density at radius 3 is 2.79 bits per heavy atom. The van der Waals surface area contributed by atoms with Gasteiger partial charge in [0.15, 0.2) is 5.58 Å². The number of hydrogen-bond donors (Lipinski definition) is 1. The monoisotopic (exact) mass is 264 g/mol. The van der Waals surface area contributed by atoms with Crippen molar-refractivity contribution in [3.8, 4) is 0 Å². The number of aryl methyl sites for hydroxylation is 1. The van der Waals surface area contributed by atoms with Crippen LogP contribution in [0, 0.1) is 0 Å². The molecule has 0 aliphatic carbocycles. The smallest absolute Gasteiger partial charge is 0.419 e. The number of primary amides is 1. The molecule has 1 aromatic heterocycles. The molecule has 0 aliphatic heterocycles. The largest absolute Gasteiger partial charge is 0.465 e. The topological polar surface area (TPSA) is 105 Å². The molecule has 19 heavy (non-hydrogen) atoms. The lowest BCUT2D eigenvalue weighted by Crippen LogP contribution is -2.19. The summed E-state index contributed by atoms with van der Waals surface area (Å²) in [7, 11) is 1.26. The van der Waals surface area contributed by atoms with E-state index in [1.807, 2.05) is 0 Å². The number of hydrogen-bond acceptors (Lipinski definition) is 5. The summed E-state index contributed by atoms with van der Waals surface area (Å²) < 4.78 is 10.9. The van der Waals surface area contributed by atoms with Crippen molar-refractivity contribution >= 4 is 23.0 Å². The van der Waals surface area contributed by atoms with E-state index < -0.39 is 17.6 Å². The molecule has 0 saturated heterocycles. The second kappa shape index (κ2) is 4.97. The number of oxazole rings is 1. The Balaban J connectivity index is 2.45. The zero-order chi connectivity index (χ0) is 14.0. The molecule has 1 amide bonds. The lowest BCUT2D eigenvalue weighted by Gasteiger charge is -2.01. The molecular formula is C12H12N2O5. The van der Waals surface area contributed by atoms with Gasteiger partial charge in [0.25, 0.3) is 0 Å². The third-order valence-electron chi connectivity index (χ3n) is 2.67. The maximum Gasteiger partial charge on any atom is 0.419 e. The fourth-order valence-electron chi connectivity index (χ4n) is 1.74. The summed E-state index contributed by atoms with van der Waals surface area (Å²) >= 11 is 0. The zero-order valence-corrected chi connectivity index (χ0v) is 10.2. The third kappa shape index (κ3) is 2.49. The number of esters is 1. The molecule has 2 aromatic rings. The Morgan fingerprint density at radius 1 is 1.42 bits per heavy atom. The Kier molecular flexibility index (Phi) is 3.37. The van der Waals surface area contributed by atoms with Gasteiger partial charge in [-0.05, 0) is 18.2 Å². The standard InChI is InChI=1S/C12H12N2O5/c1-18-11(16)7-2-3-8-9(6-7)19-12(17)14(8)5-4-10(13)15/h2-3,6H,4-5H2,1H3,(H2,13,15). The summed E-state index contributed by atoms with van der Waals surface area (Å²) in [5.41, 5.74) is 6.08.